The molecule has 0 radical (unpaired) electrons. The van der Waals surface area contributed by atoms with Crippen LogP contribution in [0.3, 0.4) is 0 Å². The number of halogens is 1. The van der Waals surface area contributed by atoms with Gasteiger partial charge in [-0.2, -0.15) is 0 Å². The Labute approximate surface area is 86.4 Å². The summed E-state index contributed by atoms with van der Waals surface area (Å²) in [5.74, 6) is 0.570. The summed E-state index contributed by atoms with van der Waals surface area (Å²) in [7, 11) is 0. The maximum absolute atomic E-state index is 11.3. The number of amides is 1. The molecule has 1 saturated carbocycles. The van der Waals surface area contributed by atoms with E-state index in [0.29, 0.717) is 10.4 Å². The molecule has 4 heteroatoms. The second-order valence-corrected chi connectivity index (χ2v) is 4.02. The van der Waals surface area contributed by atoms with Crippen molar-refractivity contribution in [3.63, 3.8) is 0 Å². The molecule has 0 aromatic rings. The molecule has 13 heavy (non-hydrogen) atoms. The van der Waals surface area contributed by atoms with Crippen LogP contribution in [0.2, 0.25) is 0 Å². The second kappa shape index (κ2) is 5.17. The standard InChI is InChI=1S/C9H13BrN2O/c1-11-6-8(10)9(13)12-5-7-3-2-4-7/h6-7H,1-5H2,(H,12,13)/b8-6+. The molecule has 0 bridgehead atoms. The first-order valence-corrected chi connectivity index (χ1v) is 5.13. The van der Waals surface area contributed by atoms with E-state index < -0.39 is 0 Å². The van der Waals surface area contributed by atoms with E-state index in [4.69, 9.17) is 0 Å². The largest absolute Gasteiger partial charge is 0.351 e. The van der Waals surface area contributed by atoms with E-state index >= 15 is 0 Å². The monoisotopic (exact) mass is 244 g/mol. The van der Waals surface area contributed by atoms with Gasteiger partial charge in [0.05, 0.1) is 0 Å². The van der Waals surface area contributed by atoms with Gasteiger partial charge in [-0.1, -0.05) is 6.42 Å². The van der Waals surface area contributed by atoms with Gasteiger partial charge in [-0.25, -0.2) is 0 Å². The Morgan fingerprint density at radius 2 is 2.38 bits per heavy atom. The number of aliphatic imine (C=N–C) groups is 1. The van der Waals surface area contributed by atoms with Crippen molar-refractivity contribution in [2.45, 2.75) is 19.3 Å². The van der Waals surface area contributed by atoms with Crippen LogP contribution < -0.4 is 5.32 Å². The Morgan fingerprint density at radius 1 is 1.69 bits per heavy atom. The Kier molecular flexibility index (Phi) is 4.15. The van der Waals surface area contributed by atoms with Crippen LogP contribution in [0.25, 0.3) is 0 Å². The Hall–Kier alpha value is -0.640. The number of hydrogen-bond donors (Lipinski definition) is 1. The molecule has 0 aliphatic heterocycles. The van der Waals surface area contributed by atoms with Gasteiger partial charge in [0.2, 0.25) is 0 Å². The van der Waals surface area contributed by atoms with Gasteiger partial charge in [-0.05, 0) is 41.4 Å². The SMILES string of the molecule is C=N/C=C(/Br)C(=O)NCC1CCC1. The van der Waals surface area contributed by atoms with Crippen LogP contribution in [0.1, 0.15) is 19.3 Å². The van der Waals surface area contributed by atoms with Gasteiger partial charge < -0.3 is 5.32 Å². The summed E-state index contributed by atoms with van der Waals surface area (Å²) in [5.41, 5.74) is 0. The fraction of sp³-hybridized carbons (Fsp3) is 0.556. The number of carbonyl (C=O) groups is 1. The highest BCUT2D eigenvalue weighted by molar-refractivity contribution is 9.12. The summed E-state index contributed by atoms with van der Waals surface area (Å²) < 4.78 is 0.432. The van der Waals surface area contributed by atoms with Crippen molar-refractivity contribution in [2.75, 3.05) is 6.54 Å². The molecule has 3 nitrogen and oxygen atoms in total. The van der Waals surface area contributed by atoms with Crippen molar-refractivity contribution in [2.24, 2.45) is 10.9 Å². The van der Waals surface area contributed by atoms with E-state index in [0.717, 1.165) is 6.54 Å². The van der Waals surface area contributed by atoms with Crippen LogP contribution in [0, 0.1) is 5.92 Å². The third kappa shape index (κ3) is 3.30. The van der Waals surface area contributed by atoms with Crippen LogP contribution in [0.4, 0.5) is 0 Å². The van der Waals surface area contributed by atoms with Crippen LogP contribution in [-0.4, -0.2) is 19.2 Å². The van der Waals surface area contributed by atoms with Crippen LogP contribution in [0.15, 0.2) is 15.7 Å². The Morgan fingerprint density at radius 3 is 2.85 bits per heavy atom. The number of nitrogens with one attached hydrogen (secondary N) is 1. The van der Waals surface area contributed by atoms with E-state index in [2.05, 4.69) is 33.0 Å². The molecule has 0 saturated heterocycles. The molecule has 0 heterocycles. The van der Waals surface area contributed by atoms with E-state index in [1.807, 2.05) is 0 Å². The fourth-order valence-electron chi connectivity index (χ4n) is 1.16. The highest BCUT2D eigenvalue weighted by atomic mass is 79.9. The Bertz CT molecular complexity index is 234. The minimum atomic E-state index is -0.112. The number of hydrogen-bond acceptors (Lipinski definition) is 2. The van der Waals surface area contributed by atoms with E-state index in [-0.39, 0.29) is 5.91 Å². The molecular weight excluding hydrogens is 232 g/mol. The fourth-order valence-corrected chi connectivity index (χ4v) is 1.44. The normalized spacial score (nSPS) is 17.8. The molecule has 1 rings (SSSR count). The molecule has 1 amide bonds. The lowest BCUT2D eigenvalue weighted by Gasteiger charge is -2.25. The van der Waals surface area contributed by atoms with E-state index in [1.165, 1.54) is 25.5 Å². The highest BCUT2D eigenvalue weighted by Gasteiger charge is 2.18. The Balaban J connectivity index is 2.23. The van der Waals surface area contributed by atoms with Gasteiger partial charge in [0.25, 0.3) is 5.91 Å². The minimum absolute atomic E-state index is 0.112. The second-order valence-electron chi connectivity index (χ2n) is 3.17. The maximum Gasteiger partial charge on any atom is 0.259 e. The molecule has 0 aromatic heterocycles. The molecule has 0 unspecified atom stereocenters. The van der Waals surface area contributed by atoms with Crippen molar-refractivity contribution in [1.82, 2.24) is 5.32 Å². The average Bonchev–Trinajstić information content (AvgIpc) is 2.01. The van der Waals surface area contributed by atoms with E-state index in [9.17, 15) is 4.79 Å². The summed E-state index contributed by atoms with van der Waals surface area (Å²) in [5, 5.41) is 2.83. The molecule has 1 N–H and O–H groups in total. The van der Waals surface area contributed by atoms with Crippen molar-refractivity contribution >= 4 is 28.6 Å². The molecule has 72 valence electrons. The van der Waals surface area contributed by atoms with Crippen molar-refractivity contribution in [3.05, 3.63) is 10.7 Å². The molecule has 1 aliphatic rings. The quantitative estimate of drug-likeness (QED) is 0.596. The smallest absolute Gasteiger partial charge is 0.259 e. The lowest BCUT2D eigenvalue weighted by atomic mass is 9.85. The van der Waals surface area contributed by atoms with Gasteiger partial charge >= 0.3 is 0 Å². The number of rotatable bonds is 4. The summed E-state index contributed by atoms with van der Waals surface area (Å²) in [6.45, 7) is 4.05. The first-order chi connectivity index (χ1) is 6.24. The molecule has 1 fully saturated rings. The number of carbonyl (C=O) groups excluding carboxylic acids is 1. The van der Waals surface area contributed by atoms with Gasteiger partial charge in [0, 0.05) is 12.7 Å². The van der Waals surface area contributed by atoms with Crippen molar-refractivity contribution < 1.29 is 4.79 Å². The first-order valence-electron chi connectivity index (χ1n) is 4.33. The van der Waals surface area contributed by atoms with Gasteiger partial charge in [0.15, 0.2) is 0 Å². The van der Waals surface area contributed by atoms with Gasteiger partial charge in [-0.15, -0.1) is 0 Å². The zero-order valence-electron chi connectivity index (χ0n) is 7.42. The summed E-state index contributed by atoms with van der Waals surface area (Å²) in [6, 6.07) is 0. The van der Waals surface area contributed by atoms with Crippen molar-refractivity contribution in [1.29, 1.82) is 0 Å². The lowest BCUT2D eigenvalue weighted by Crippen LogP contribution is -2.32. The van der Waals surface area contributed by atoms with Crippen LogP contribution in [-0.2, 0) is 4.79 Å². The van der Waals surface area contributed by atoms with Gasteiger partial charge in [0.1, 0.15) is 4.48 Å². The van der Waals surface area contributed by atoms with Crippen LogP contribution >= 0.6 is 15.9 Å². The molecule has 0 spiro atoms. The summed E-state index contributed by atoms with van der Waals surface area (Å²) in [6.07, 6.45) is 5.17. The predicted octanol–water partition coefficient (Wildman–Crippen LogP) is 1.84. The topological polar surface area (TPSA) is 41.5 Å². The lowest BCUT2D eigenvalue weighted by molar-refractivity contribution is -0.117. The van der Waals surface area contributed by atoms with Crippen molar-refractivity contribution in [3.8, 4) is 0 Å². The third-order valence-electron chi connectivity index (χ3n) is 2.20. The molecular formula is C9H13BrN2O. The average molecular weight is 245 g/mol. The molecule has 1 aliphatic carbocycles. The first kappa shape index (κ1) is 10.4. The third-order valence-corrected chi connectivity index (χ3v) is 2.76. The minimum Gasteiger partial charge on any atom is -0.351 e. The van der Waals surface area contributed by atoms with Gasteiger partial charge in [-0.3, -0.25) is 9.79 Å². The molecule has 0 atom stereocenters. The summed E-state index contributed by atoms with van der Waals surface area (Å²) >= 11 is 3.11. The van der Waals surface area contributed by atoms with Crippen LogP contribution in [0.5, 0.6) is 0 Å². The van der Waals surface area contributed by atoms with E-state index in [1.54, 1.807) is 0 Å². The zero-order chi connectivity index (χ0) is 9.68. The maximum atomic E-state index is 11.3. The predicted molar refractivity (Wildman–Crippen MR) is 56.9 cm³/mol. The molecule has 0 aromatic carbocycles. The highest BCUT2D eigenvalue weighted by Crippen LogP contribution is 2.25. The number of nitrogens with zero attached hydrogens (tertiary/aromatic N) is 1. The zero-order valence-corrected chi connectivity index (χ0v) is 9.01. The summed E-state index contributed by atoms with van der Waals surface area (Å²) in [4.78, 5) is 14.8.